The van der Waals surface area contributed by atoms with E-state index in [2.05, 4.69) is 6.92 Å². The maximum absolute atomic E-state index is 12.3. The molecular weight excluding hydrogens is 410 g/mol. The highest BCUT2D eigenvalue weighted by molar-refractivity contribution is 5.91. The van der Waals surface area contributed by atoms with Gasteiger partial charge in [0, 0.05) is 18.6 Å². The first-order chi connectivity index (χ1) is 15.5. The fraction of sp³-hybridized carbons (Fsp3) is 0.200. The number of unbranched alkanes of at least 4 members (excludes halogenated alkanes) is 2. The maximum atomic E-state index is 12.3. The molecule has 0 aliphatic carbocycles. The van der Waals surface area contributed by atoms with Gasteiger partial charge in [0.2, 0.25) is 0 Å². The third kappa shape index (κ3) is 6.25. The number of rotatable bonds is 9. The molecule has 32 heavy (non-hydrogen) atoms. The summed E-state index contributed by atoms with van der Waals surface area (Å²) in [5, 5.41) is 10.7. The van der Waals surface area contributed by atoms with E-state index in [4.69, 9.17) is 9.47 Å². The van der Waals surface area contributed by atoms with Crippen molar-refractivity contribution in [2.45, 2.75) is 32.6 Å². The molecule has 3 aromatic carbocycles. The quantitative estimate of drug-likeness (QED) is 0.136. The monoisotopic (exact) mass is 433 g/mol. The van der Waals surface area contributed by atoms with Crippen LogP contribution in [0.3, 0.4) is 0 Å². The van der Waals surface area contributed by atoms with Gasteiger partial charge in [0.1, 0.15) is 11.5 Å². The van der Waals surface area contributed by atoms with Crippen molar-refractivity contribution in [2.75, 3.05) is 0 Å². The number of non-ortho nitro benzene ring substituents is 1. The summed E-state index contributed by atoms with van der Waals surface area (Å²) in [6.07, 6.45) is 3.29. The second-order valence-corrected chi connectivity index (χ2v) is 7.17. The summed E-state index contributed by atoms with van der Waals surface area (Å²) in [6, 6.07) is 19.3. The molecule has 0 saturated carbocycles. The lowest BCUT2D eigenvalue weighted by Gasteiger charge is -2.07. The minimum atomic E-state index is -0.560. The van der Waals surface area contributed by atoms with Crippen LogP contribution >= 0.6 is 0 Å². The maximum Gasteiger partial charge on any atom is 0.343 e. The molecule has 7 heteroatoms. The Kier molecular flexibility index (Phi) is 7.70. The van der Waals surface area contributed by atoms with Crippen molar-refractivity contribution >= 4 is 17.6 Å². The number of hydrogen-bond donors (Lipinski definition) is 0. The molecule has 0 saturated heterocycles. The third-order valence-electron chi connectivity index (χ3n) is 4.78. The number of benzene rings is 3. The summed E-state index contributed by atoms with van der Waals surface area (Å²) in [6.45, 7) is 2.08. The van der Waals surface area contributed by atoms with Crippen molar-refractivity contribution < 1.29 is 24.0 Å². The van der Waals surface area contributed by atoms with Crippen molar-refractivity contribution in [3.8, 4) is 22.6 Å². The van der Waals surface area contributed by atoms with E-state index in [1.165, 1.54) is 24.3 Å². The number of carbonyl (C=O) groups excluding carboxylic acids is 2. The smallest absolute Gasteiger partial charge is 0.343 e. The molecule has 0 aromatic heterocycles. The molecule has 3 aromatic rings. The zero-order valence-corrected chi connectivity index (χ0v) is 17.7. The number of ether oxygens (including phenoxy) is 2. The van der Waals surface area contributed by atoms with Gasteiger partial charge in [-0.15, -0.1) is 0 Å². The molecule has 0 amide bonds. The summed E-state index contributed by atoms with van der Waals surface area (Å²) in [5.74, 6) is -0.0686. The third-order valence-corrected chi connectivity index (χ3v) is 4.78. The molecule has 0 bridgehead atoms. The predicted octanol–water partition coefficient (Wildman–Crippen LogP) is 5.97. The van der Waals surface area contributed by atoms with Gasteiger partial charge in [0.15, 0.2) is 0 Å². The lowest BCUT2D eigenvalue weighted by Crippen LogP contribution is -2.08. The van der Waals surface area contributed by atoms with E-state index < -0.39 is 10.9 Å². The lowest BCUT2D eigenvalue weighted by molar-refractivity contribution is -0.384. The van der Waals surface area contributed by atoms with E-state index in [1.807, 2.05) is 12.1 Å². The zero-order valence-electron chi connectivity index (χ0n) is 17.7. The minimum Gasteiger partial charge on any atom is -0.427 e. The SMILES string of the molecule is CCCCCC(=O)Oc1ccc(-c2ccc(C(=O)Oc3ccc([N+](=O)[O-])cc3)cc2)cc1. The van der Waals surface area contributed by atoms with Crippen LogP contribution in [0.15, 0.2) is 72.8 Å². The first kappa shape index (κ1) is 22.7. The Balaban J connectivity index is 1.59. The van der Waals surface area contributed by atoms with Gasteiger partial charge in [0.05, 0.1) is 10.5 Å². The largest absolute Gasteiger partial charge is 0.427 e. The molecule has 0 radical (unpaired) electrons. The van der Waals surface area contributed by atoms with Crippen LogP contribution in [0.4, 0.5) is 5.69 Å². The first-order valence-corrected chi connectivity index (χ1v) is 10.3. The standard InChI is InChI=1S/C25H23NO6/c1-2-3-4-5-24(27)31-22-14-10-19(11-15-22)18-6-8-20(9-7-18)25(28)32-23-16-12-21(13-17-23)26(29)30/h6-17H,2-5H2,1H3. The van der Waals surface area contributed by atoms with Crippen molar-refractivity contribution in [3.05, 3.63) is 88.5 Å². The normalized spacial score (nSPS) is 10.4. The summed E-state index contributed by atoms with van der Waals surface area (Å²) >= 11 is 0. The molecule has 3 rings (SSSR count). The molecule has 0 aliphatic heterocycles. The predicted molar refractivity (Wildman–Crippen MR) is 120 cm³/mol. The minimum absolute atomic E-state index is 0.0774. The molecule has 0 spiro atoms. The van der Waals surface area contributed by atoms with Crippen molar-refractivity contribution in [1.29, 1.82) is 0 Å². The van der Waals surface area contributed by atoms with E-state index in [-0.39, 0.29) is 17.4 Å². The van der Waals surface area contributed by atoms with Gasteiger partial charge in [0.25, 0.3) is 5.69 Å². The molecule has 164 valence electrons. The Morgan fingerprint density at radius 2 is 1.31 bits per heavy atom. The number of esters is 2. The van der Waals surface area contributed by atoms with Crippen molar-refractivity contribution in [1.82, 2.24) is 0 Å². The summed E-state index contributed by atoms with van der Waals surface area (Å²) in [7, 11) is 0. The van der Waals surface area contributed by atoms with Crippen LogP contribution in [-0.4, -0.2) is 16.9 Å². The topological polar surface area (TPSA) is 95.7 Å². The lowest BCUT2D eigenvalue weighted by atomic mass is 10.0. The van der Waals surface area contributed by atoms with Crippen LogP contribution < -0.4 is 9.47 Å². The Morgan fingerprint density at radius 3 is 1.88 bits per heavy atom. The molecular formula is C25H23NO6. The molecule has 0 unspecified atom stereocenters. The van der Waals surface area contributed by atoms with Crippen LogP contribution in [0.1, 0.15) is 43.0 Å². The summed E-state index contributed by atoms with van der Waals surface area (Å²) < 4.78 is 10.6. The number of nitrogens with zero attached hydrogens (tertiary/aromatic N) is 1. The number of carbonyl (C=O) groups is 2. The highest BCUT2D eigenvalue weighted by Gasteiger charge is 2.11. The van der Waals surface area contributed by atoms with E-state index in [0.29, 0.717) is 17.7 Å². The summed E-state index contributed by atoms with van der Waals surface area (Å²) in [4.78, 5) is 34.3. The molecule has 0 atom stereocenters. The van der Waals surface area contributed by atoms with Gasteiger partial charge in [-0.3, -0.25) is 14.9 Å². The van der Waals surface area contributed by atoms with Crippen LogP contribution in [0, 0.1) is 10.1 Å². The van der Waals surface area contributed by atoms with Crippen LogP contribution in [0.5, 0.6) is 11.5 Å². The fourth-order valence-electron chi connectivity index (χ4n) is 3.02. The fourth-order valence-corrected chi connectivity index (χ4v) is 3.02. The highest BCUT2D eigenvalue weighted by Crippen LogP contribution is 2.24. The molecule has 0 fully saturated rings. The first-order valence-electron chi connectivity index (χ1n) is 10.3. The van der Waals surface area contributed by atoms with Gasteiger partial charge in [-0.1, -0.05) is 44.0 Å². The van der Waals surface area contributed by atoms with Crippen molar-refractivity contribution in [2.24, 2.45) is 0 Å². The number of nitro groups is 1. The average molecular weight is 433 g/mol. The van der Waals surface area contributed by atoms with Crippen LogP contribution in [-0.2, 0) is 4.79 Å². The van der Waals surface area contributed by atoms with E-state index in [1.54, 1.807) is 36.4 Å². The molecule has 0 heterocycles. The molecule has 7 nitrogen and oxygen atoms in total. The Bertz CT molecular complexity index is 1070. The Hall–Kier alpha value is -4.00. The Labute approximate surface area is 185 Å². The molecule has 0 aliphatic rings. The van der Waals surface area contributed by atoms with Crippen molar-refractivity contribution in [3.63, 3.8) is 0 Å². The van der Waals surface area contributed by atoms with E-state index in [9.17, 15) is 19.7 Å². The molecule has 0 N–H and O–H groups in total. The van der Waals surface area contributed by atoms with Crippen LogP contribution in [0.25, 0.3) is 11.1 Å². The average Bonchev–Trinajstić information content (AvgIpc) is 2.80. The number of nitro benzene ring substituents is 1. The van der Waals surface area contributed by atoms with Gasteiger partial charge in [-0.05, 0) is 53.9 Å². The Morgan fingerprint density at radius 1 is 0.781 bits per heavy atom. The second kappa shape index (κ2) is 10.9. The summed E-state index contributed by atoms with van der Waals surface area (Å²) in [5.41, 5.74) is 2.07. The number of hydrogen-bond acceptors (Lipinski definition) is 6. The van der Waals surface area contributed by atoms with Gasteiger partial charge in [-0.25, -0.2) is 4.79 Å². The van der Waals surface area contributed by atoms with E-state index in [0.717, 1.165) is 30.4 Å². The second-order valence-electron chi connectivity index (χ2n) is 7.17. The van der Waals surface area contributed by atoms with Crippen LogP contribution in [0.2, 0.25) is 0 Å². The van der Waals surface area contributed by atoms with E-state index >= 15 is 0 Å². The van der Waals surface area contributed by atoms with Gasteiger partial charge < -0.3 is 9.47 Å². The zero-order chi connectivity index (χ0) is 22.9. The highest BCUT2D eigenvalue weighted by atomic mass is 16.6. The van der Waals surface area contributed by atoms with Gasteiger partial charge in [-0.2, -0.15) is 0 Å². The van der Waals surface area contributed by atoms with Gasteiger partial charge >= 0.3 is 11.9 Å².